The summed E-state index contributed by atoms with van der Waals surface area (Å²) in [6, 6.07) is 19.4. The number of benzene rings is 3. The molecule has 4 rings (SSSR count). The van der Waals surface area contributed by atoms with E-state index in [4.69, 9.17) is 14.2 Å². The van der Waals surface area contributed by atoms with Crippen LogP contribution in [0.2, 0.25) is 0 Å². The number of ether oxygens (including phenoxy) is 3. The number of hydrogen-bond donors (Lipinski definition) is 1. The average molecular weight is 460 g/mol. The molecule has 0 spiro atoms. The third-order valence-corrected chi connectivity index (χ3v) is 4.96. The molecule has 1 amide bonds. The number of pyridine rings is 1. The molecule has 1 aromatic heterocycles. The van der Waals surface area contributed by atoms with E-state index in [1.165, 1.54) is 49.6 Å². The van der Waals surface area contributed by atoms with Crippen molar-refractivity contribution in [2.75, 3.05) is 19.0 Å². The average Bonchev–Trinajstić information content (AvgIpc) is 2.87. The Balaban J connectivity index is 1.37. The van der Waals surface area contributed by atoms with Crippen molar-refractivity contribution in [3.05, 3.63) is 95.9 Å². The van der Waals surface area contributed by atoms with Gasteiger partial charge in [-0.2, -0.15) is 0 Å². The minimum Gasteiger partial charge on any atom is -0.493 e. The Morgan fingerprint density at radius 1 is 0.971 bits per heavy atom. The summed E-state index contributed by atoms with van der Waals surface area (Å²) < 4.78 is 29.3. The summed E-state index contributed by atoms with van der Waals surface area (Å²) in [5.41, 5.74) is 2.29. The molecule has 0 saturated heterocycles. The van der Waals surface area contributed by atoms with Gasteiger partial charge in [0.2, 0.25) is 0 Å². The number of hydrogen-bond acceptors (Lipinski definition) is 6. The zero-order valence-corrected chi connectivity index (χ0v) is 18.3. The van der Waals surface area contributed by atoms with Gasteiger partial charge in [-0.05, 0) is 48.5 Å². The minimum absolute atomic E-state index is 0.0668. The van der Waals surface area contributed by atoms with E-state index in [2.05, 4.69) is 10.3 Å². The van der Waals surface area contributed by atoms with Gasteiger partial charge in [0.25, 0.3) is 5.91 Å². The van der Waals surface area contributed by atoms with Gasteiger partial charge in [0.1, 0.15) is 12.4 Å². The molecule has 0 radical (unpaired) electrons. The molecule has 4 aromatic rings. The molecule has 1 heterocycles. The van der Waals surface area contributed by atoms with E-state index in [9.17, 15) is 14.0 Å². The van der Waals surface area contributed by atoms with E-state index in [-0.39, 0.29) is 30.3 Å². The first kappa shape index (κ1) is 22.7. The fourth-order valence-corrected chi connectivity index (χ4v) is 3.30. The van der Waals surface area contributed by atoms with Gasteiger partial charge in [0, 0.05) is 22.8 Å². The first-order valence-electron chi connectivity index (χ1n) is 10.4. The van der Waals surface area contributed by atoms with Gasteiger partial charge in [-0.3, -0.25) is 9.78 Å². The number of para-hydroxylation sites is 1. The summed E-state index contributed by atoms with van der Waals surface area (Å²) in [7, 11) is 1.43. The zero-order chi connectivity index (χ0) is 23.9. The van der Waals surface area contributed by atoms with Gasteiger partial charge in [-0.15, -0.1) is 0 Å². The third kappa shape index (κ3) is 5.47. The third-order valence-electron chi connectivity index (χ3n) is 4.96. The van der Waals surface area contributed by atoms with Crippen LogP contribution in [0.4, 0.5) is 10.1 Å². The summed E-state index contributed by atoms with van der Waals surface area (Å²) in [6.45, 7) is -0.233. The minimum atomic E-state index is -0.535. The molecule has 0 aliphatic rings. The molecule has 34 heavy (non-hydrogen) atoms. The van der Waals surface area contributed by atoms with Gasteiger partial charge >= 0.3 is 5.97 Å². The smallest absolute Gasteiger partial charge is 0.338 e. The Morgan fingerprint density at radius 3 is 2.56 bits per heavy atom. The second kappa shape index (κ2) is 10.4. The van der Waals surface area contributed by atoms with Crippen molar-refractivity contribution in [1.82, 2.24) is 4.98 Å². The van der Waals surface area contributed by atoms with Crippen molar-refractivity contribution < 1.29 is 28.2 Å². The quantitative estimate of drug-likeness (QED) is 0.382. The SMILES string of the molecule is COc1cc(C(=O)OCc2cccc3cccnc23)ccc1OCC(=O)Nc1ccc(F)cc1. The standard InChI is InChI=1S/C26H21FN2O5/c1-32-23-14-18(26(31)34-15-19-5-2-4-17-6-3-13-28-25(17)19)7-12-22(23)33-16-24(30)29-21-10-8-20(27)9-11-21/h2-14H,15-16H2,1H3,(H,29,30). The van der Waals surface area contributed by atoms with Gasteiger partial charge in [-0.1, -0.05) is 24.3 Å². The predicted octanol–water partition coefficient (Wildman–Crippen LogP) is 4.76. The van der Waals surface area contributed by atoms with Crippen LogP contribution in [0.5, 0.6) is 11.5 Å². The fourth-order valence-electron chi connectivity index (χ4n) is 3.30. The lowest BCUT2D eigenvalue weighted by Crippen LogP contribution is -2.20. The van der Waals surface area contributed by atoms with Crippen LogP contribution in [0, 0.1) is 5.82 Å². The van der Waals surface area contributed by atoms with Crippen LogP contribution >= 0.6 is 0 Å². The molecular formula is C26H21FN2O5. The van der Waals surface area contributed by atoms with Crippen molar-refractivity contribution in [3.63, 3.8) is 0 Å². The molecule has 0 unspecified atom stereocenters. The van der Waals surface area contributed by atoms with Crippen molar-refractivity contribution in [3.8, 4) is 11.5 Å². The van der Waals surface area contributed by atoms with Gasteiger partial charge < -0.3 is 19.5 Å². The molecule has 0 atom stereocenters. The topological polar surface area (TPSA) is 86.8 Å². The molecule has 0 saturated carbocycles. The number of anilines is 1. The number of carbonyl (C=O) groups is 2. The maximum Gasteiger partial charge on any atom is 0.338 e. The van der Waals surface area contributed by atoms with Crippen LogP contribution in [0.25, 0.3) is 10.9 Å². The molecule has 8 heteroatoms. The maximum atomic E-state index is 13.0. The number of rotatable bonds is 8. The van der Waals surface area contributed by atoms with Crippen LogP contribution in [0.15, 0.2) is 79.0 Å². The molecule has 3 aromatic carbocycles. The normalized spacial score (nSPS) is 10.5. The highest BCUT2D eigenvalue weighted by Gasteiger charge is 2.14. The van der Waals surface area contributed by atoms with E-state index in [1.807, 2.05) is 30.3 Å². The molecule has 0 aliphatic heterocycles. The summed E-state index contributed by atoms with van der Waals surface area (Å²) >= 11 is 0. The summed E-state index contributed by atoms with van der Waals surface area (Å²) in [5, 5.41) is 3.56. The molecule has 0 aliphatic carbocycles. The predicted molar refractivity (Wildman–Crippen MR) is 124 cm³/mol. The molecule has 1 N–H and O–H groups in total. The number of carbonyl (C=O) groups excluding carboxylic acids is 2. The van der Waals surface area contributed by atoms with Gasteiger partial charge in [0.15, 0.2) is 18.1 Å². The highest BCUT2D eigenvalue weighted by atomic mass is 19.1. The Morgan fingerprint density at radius 2 is 1.76 bits per heavy atom. The number of fused-ring (bicyclic) bond motifs is 1. The summed E-state index contributed by atoms with van der Waals surface area (Å²) in [4.78, 5) is 29.1. The summed E-state index contributed by atoms with van der Waals surface area (Å²) in [6.07, 6.45) is 1.69. The van der Waals surface area contributed by atoms with E-state index in [0.717, 1.165) is 16.5 Å². The number of amides is 1. The lowest BCUT2D eigenvalue weighted by atomic mass is 10.1. The number of halogens is 1. The molecular weight excluding hydrogens is 439 g/mol. The zero-order valence-electron chi connectivity index (χ0n) is 18.3. The Kier molecular flexibility index (Phi) is 6.98. The molecule has 7 nitrogen and oxygen atoms in total. The van der Waals surface area contributed by atoms with Crippen LogP contribution in [-0.4, -0.2) is 30.6 Å². The first-order valence-corrected chi connectivity index (χ1v) is 10.4. The molecule has 0 fully saturated rings. The van der Waals surface area contributed by atoms with Crippen molar-refractivity contribution in [2.45, 2.75) is 6.61 Å². The van der Waals surface area contributed by atoms with Crippen LogP contribution in [-0.2, 0) is 16.1 Å². The van der Waals surface area contributed by atoms with E-state index in [1.54, 1.807) is 6.20 Å². The van der Waals surface area contributed by atoms with Crippen molar-refractivity contribution >= 4 is 28.5 Å². The lowest BCUT2D eigenvalue weighted by molar-refractivity contribution is -0.118. The Labute approximate surface area is 195 Å². The number of nitrogens with zero attached hydrogens (tertiary/aromatic N) is 1. The highest BCUT2D eigenvalue weighted by molar-refractivity contribution is 5.92. The van der Waals surface area contributed by atoms with Crippen LogP contribution in [0.1, 0.15) is 15.9 Å². The molecule has 172 valence electrons. The maximum absolute atomic E-state index is 13.0. The summed E-state index contributed by atoms with van der Waals surface area (Å²) in [5.74, 6) is -0.804. The highest BCUT2D eigenvalue weighted by Crippen LogP contribution is 2.28. The van der Waals surface area contributed by atoms with Gasteiger partial charge in [0.05, 0.1) is 18.2 Å². The second-order valence-corrected chi connectivity index (χ2v) is 7.28. The van der Waals surface area contributed by atoms with Crippen molar-refractivity contribution in [1.29, 1.82) is 0 Å². The lowest BCUT2D eigenvalue weighted by Gasteiger charge is -2.12. The number of nitrogens with one attached hydrogen (secondary N) is 1. The van der Waals surface area contributed by atoms with E-state index in [0.29, 0.717) is 5.69 Å². The van der Waals surface area contributed by atoms with E-state index < -0.39 is 17.7 Å². The Bertz CT molecular complexity index is 1320. The second-order valence-electron chi connectivity index (χ2n) is 7.28. The largest absolute Gasteiger partial charge is 0.493 e. The van der Waals surface area contributed by atoms with Crippen molar-refractivity contribution in [2.24, 2.45) is 0 Å². The Hall–Kier alpha value is -4.46. The first-order chi connectivity index (χ1) is 16.5. The number of methoxy groups -OCH3 is 1. The monoisotopic (exact) mass is 460 g/mol. The fraction of sp³-hybridized carbons (Fsp3) is 0.115. The van der Waals surface area contributed by atoms with E-state index >= 15 is 0 Å². The van der Waals surface area contributed by atoms with Crippen LogP contribution in [0.3, 0.4) is 0 Å². The van der Waals surface area contributed by atoms with Crippen LogP contribution < -0.4 is 14.8 Å². The van der Waals surface area contributed by atoms with Gasteiger partial charge in [-0.25, -0.2) is 9.18 Å². The number of aromatic nitrogens is 1. The molecule has 0 bridgehead atoms. The number of esters is 1.